The fraction of sp³-hybridized carbons (Fsp3) is 0.400. The van der Waals surface area contributed by atoms with E-state index in [0.717, 1.165) is 11.3 Å². The van der Waals surface area contributed by atoms with Crippen LogP contribution in [-0.4, -0.2) is 5.97 Å². The monoisotopic (exact) mass is 230 g/mol. The third kappa shape index (κ3) is 2.41. The average Bonchev–Trinajstić information content (AvgIpc) is 2.70. The van der Waals surface area contributed by atoms with Gasteiger partial charge in [0.1, 0.15) is 5.76 Å². The normalized spacial score (nSPS) is 22.2. The Hall–Kier alpha value is -1.57. The molecule has 1 aromatic carbocycles. The molecule has 1 heterocycles. The maximum atomic E-state index is 11.3. The molecule has 0 aromatic heterocycles. The third-order valence-electron chi connectivity index (χ3n) is 3.24. The van der Waals surface area contributed by atoms with E-state index in [9.17, 15) is 4.79 Å². The zero-order valence-corrected chi connectivity index (χ0v) is 10.6. The van der Waals surface area contributed by atoms with Crippen molar-refractivity contribution in [2.24, 2.45) is 0 Å². The van der Waals surface area contributed by atoms with Crippen molar-refractivity contribution in [3.05, 3.63) is 47.2 Å². The molecule has 1 saturated heterocycles. The zero-order valence-electron chi connectivity index (χ0n) is 10.6. The topological polar surface area (TPSA) is 26.3 Å². The van der Waals surface area contributed by atoms with Crippen molar-refractivity contribution in [3.63, 3.8) is 0 Å². The van der Waals surface area contributed by atoms with Crippen LogP contribution in [0.25, 0.3) is 0 Å². The van der Waals surface area contributed by atoms with Crippen molar-refractivity contribution >= 4 is 5.97 Å². The first-order valence-electron chi connectivity index (χ1n) is 6.08. The lowest BCUT2D eigenvalue weighted by Crippen LogP contribution is -1.97. The molecule has 1 fully saturated rings. The second kappa shape index (κ2) is 4.74. The van der Waals surface area contributed by atoms with Crippen molar-refractivity contribution < 1.29 is 9.53 Å². The van der Waals surface area contributed by atoms with Gasteiger partial charge in [0.05, 0.1) is 12.3 Å². The first kappa shape index (κ1) is 11.9. The molecule has 0 aliphatic carbocycles. The molecule has 1 aromatic rings. The molecule has 0 N–H and O–H groups in total. The Kier molecular flexibility index (Phi) is 3.32. The molecule has 1 aliphatic heterocycles. The van der Waals surface area contributed by atoms with Crippen LogP contribution in [0.3, 0.4) is 0 Å². The maximum absolute atomic E-state index is 11.3. The van der Waals surface area contributed by atoms with Crippen LogP contribution in [0.15, 0.2) is 36.1 Å². The molecule has 1 atom stereocenters. The van der Waals surface area contributed by atoms with Gasteiger partial charge in [0.25, 0.3) is 0 Å². The van der Waals surface area contributed by atoms with E-state index in [1.54, 1.807) is 0 Å². The van der Waals surface area contributed by atoms with Gasteiger partial charge in [-0.3, -0.25) is 4.79 Å². The van der Waals surface area contributed by atoms with Gasteiger partial charge in [-0.2, -0.15) is 0 Å². The summed E-state index contributed by atoms with van der Waals surface area (Å²) in [6.07, 6.45) is 2.34. The molecule has 2 heteroatoms. The molecule has 90 valence electrons. The summed E-state index contributed by atoms with van der Waals surface area (Å²) in [6.45, 7) is 6.26. The molecular formula is C15H18O2. The number of ether oxygens (including phenoxy) is 1. The summed E-state index contributed by atoms with van der Waals surface area (Å²) in [5, 5.41) is 0. The van der Waals surface area contributed by atoms with Crippen molar-refractivity contribution in [1.82, 2.24) is 0 Å². The summed E-state index contributed by atoms with van der Waals surface area (Å²) in [4.78, 5) is 11.3. The standard InChI is InChI=1S/C15H18O2/c1-4-14-13(9-15(16)17-14)12-7-5-11(6-8-12)10(2)3/h4-8,10,13H,9H2,1-3H3/b14-4-. The molecule has 2 rings (SSSR count). The third-order valence-corrected chi connectivity index (χ3v) is 3.24. The Morgan fingerprint density at radius 3 is 2.47 bits per heavy atom. The molecule has 0 spiro atoms. The highest BCUT2D eigenvalue weighted by Crippen LogP contribution is 2.35. The highest BCUT2D eigenvalue weighted by atomic mass is 16.5. The number of esters is 1. The SMILES string of the molecule is C/C=C1\OC(=O)CC1c1ccc(C(C)C)cc1. The van der Waals surface area contributed by atoms with E-state index < -0.39 is 0 Å². The van der Waals surface area contributed by atoms with Crippen molar-refractivity contribution in [3.8, 4) is 0 Å². The van der Waals surface area contributed by atoms with Gasteiger partial charge in [0, 0.05) is 0 Å². The number of benzene rings is 1. The second-order valence-corrected chi connectivity index (χ2v) is 4.74. The highest BCUT2D eigenvalue weighted by molar-refractivity contribution is 5.76. The molecule has 1 unspecified atom stereocenters. The largest absolute Gasteiger partial charge is 0.431 e. The fourth-order valence-corrected chi connectivity index (χ4v) is 2.17. The minimum Gasteiger partial charge on any atom is -0.431 e. The predicted octanol–water partition coefficient (Wildman–Crippen LogP) is 3.74. The van der Waals surface area contributed by atoms with Gasteiger partial charge >= 0.3 is 5.97 Å². The number of carbonyl (C=O) groups is 1. The van der Waals surface area contributed by atoms with Crippen LogP contribution in [0.4, 0.5) is 0 Å². The molecular weight excluding hydrogens is 212 g/mol. The summed E-state index contributed by atoms with van der Waals surface area (Å²) in [5.41, 5.74) is 2.48. The Balaban J connectivity index is 2.25. The van der Waals surface area contributed by atoms with Crippen LogP contribution >= 0.6 is 0 Å². The minimum absolute atomic E-state index is 0.105. The molecule has 17 heavy (non-hydrogen) atoms. The molecule has 2 nitrogen and oxygen atoms in total. The van der Waals surface area contributed by atoms with Gasteiger partial charge in [0.2, 0.25) is 0 Å². The van der Waals surface area contributed by atoms with E-state index in [1.165, 1.54) is 5.56 Å². The van der Waals surface area contributed by atoms with E-state index in [0.29, 0.717) is 12.3 Å². The Labute approximate surface area is 102 Å². The number of rotatable bonds is 2. The second-order valence-electron chi connectivity index (χ2n) is 4.74. The smallest absolute Gasteiger partial charge is 0.311 e. The number of carbonyl (C=O) groups excluding carboxylic acids is 1. The van der Waals surface area contributed by atoms with E-state index in [4.69, 9.17) is 4.74 Å². The minimum atomic E-state index is -0.129. The Bertz CT molecular complexity index is 440. The molecule has 0 amide bonds. The molecule has 0 radical (unpaired) electrons. The number of hydrogen-bond acceptors (Lipinski definition) is 2. The van der Waals surface area contributed by atoms with Crippen LogP contribution in [0.5, 0.6) is 0 Å². The van der Waals surface area contributed by atoms with Crippen LogP contribution in [-0.2, 0) is 9.53 Å². The van der Waals surface area contributed by atoms with E-state index in [-0.39, 0.29) is 11.9 Å². The van der Waals surface area contributed by atoms with Crippen molar-refractivity contribution in [1.29, 1.82) is 0 Å². The molecule has 0 bridgehead atoms. The molecule has 0 saturated carbocycles. The number of hydrogen-bond donors (Lipinski definition) is 0. The molecule has 1 aliphatic rings. The van der Waals surface area contributed by atoms with Gasteiger partial charge in [-0.1, -0.05) is 38.1 Å². The van der Waals surface area contributed by atoms with Crippen LogP contribution in [0, 0.1) is 0 Å². The average molecular weight is 230 g/mol. The lowest BCUT2D eigenvalue weighted by Gasteiger charge is -2.11. The van der Waals surface area contributed by atoms with E-state index in [2.05, 4.69) is 38.1 Å². The summed E-state index contributed by atoms with van der Waals surface area (Å²) in [5.74, 6) is 1.30. The maximum Gasteiger partial charge on any atom is 0.311 e. The van der Waals surface area contributed by atoms with Crippen molar-refractivity contribution in [2.75, 3.05) is 0 Å². The van der Waals surface area contributed by atoms with Crippen LogP contribution < -0.4 is 0 Å². The lowest BCUT2D eigenvalue weighted by atomic mass is 9.93. The summed E-state index contributed by atoms with van der Waals surface area (Å²) < 4.78 is 5.18. The van der Waals surface area contributed by atoms with Gasteiger partial charge in [-0.15, -0.1) is 0 Å². The van der Waals surface area contributed by atoms with Crippen LogP contribution in [0.2, 0.25) is 0 Å². The first-order chi connectivity index (χ1) is 8.11. The number of allylic oxidation sites excluding steroid dienone is 2. The highest BCUT2D eigenvalue weighted by Gasteiger charge is 2.30. The van der Waals surface area contributed by atoms with E-state index in [1.807, 2.05) is 13.0 Å². The van der Waals surface area contributed by atoms with Crippen molar-refractivity contribution in [2.45, 2.75) is 39.0 Å². The lowest BCUT2D eigenvalue weighted by molar-refractivity contribution is -0.135. The Morgan fingerprint density at radius 2 is 1.94 bits per heavy atom. The summed E-state index contributed by atoms with van der Waals surface area (Å²) >= 11 is 0. The van der Waals surface area contributed by atoms with Gasteiger partial charge in [-0.05, 0) is 30.0 Å². The van der Waals surface area contributed by atoms with E-state index >= 15 is 0 Å². The Morgan fingerprint density at radius 1 is 1.29 bits per heavy atom. The zero-order chi connectivity index (χ0) is 12.4. The van der Waals surface area contributed by atoms with Gasteiger partial charge in [0.15, 0.2) is 0 Å². The quantitative estimate of drug-likeness (QED) is 0.723. The van der Waals surface area contributed by atoms with Crippen LogP contribution in [0.1, 0.15) is 50.2 Å². The van der Waals surface area contributed by atoms with Gasteiger partial charge < -0.3 is 4.74 Å². The summed E-state index contributed by atoms with van der Waals surface area (Å²) in [7, 11) is 0. The predicted molar refractivity (Wildman–Crippen MR) is 67.7 cm³/mol. The first-order valence-corrected chi connectivity index (χ1v) is 6.08. The fourth-order valence-electron chi connectivity index (χ4n) is 2.17. The van der Waals surface area contributed by atoms with Gasteiger partial charge in [-0.25, -0.2) is 0 Å². The number of cyclic esters (lactones) is 1. The summed E-state index contributed by atoms with van der Waals surface area (Å²) in [6, 6.07) is 8.48.